The van der Waals surface area contributed by atoms with Crippen LogP contribution in [-0.2, 0) is 17.6 Å². The number of nitrogens with one attached hydrogen (secondary N) is 1. The number of imidazole rings is 1. The summed E-state index contributed by atoms with van der Waals surface area (Å²) in [5.74, 6) is -0.0482. The fourth-order valence-electron chi connectivity index (χ4n) is 1.73. The van der Waals surface area contributed by atoms with Crippen LogP contribution in [0.5, 0.6) is 0 Å². The standard InChI is InChI=1S/C13H13Cl2N3O.4ClH/c14-10-2-1-8(3-11(10)15)4-13(19)12(16)5-9-6-17-7-18-9;;;;/h1-3,6-7,12H,4-5,16H2,(H,17,18);4*1H/t12-;;;;/m0..../s1. The molecule has 0 aliphatic carbocycles. The molecule has 2 aromatic rings. The van der Waals surface area contributed by atoms with Crippen molar-refractivity contribution >= 4 is 78.6 Å². The number of H-pyrrole nitrogens is 1. The molecule has 132 valence electrons. The number of Topliss-reactive ketones (excluding diaryl/α,β-unsaturated/α-hetero) is 1. The number of carbonyl (C=O) groups excluding carboxylic acids is 1. The van der Waals surface area contributed by atoms with Gasteiger partial charge in [0.2, 0.25) is 0 Å². The Morgan fingerprint density at radius 3 is 2.35 bits per heavy atom. The molecule has 2 rings (SSSR count). The Balaban J connectivity index is -0.000001000. The fourth-order valence-corrected chi connectivity index (χ4v) is 2.05. The molecule has 1 aromatic heterocycles. The monoisotopic (exact) mass is 441 g/mol. The van der Waals surface area contributed by atoms with Gasteiger partial charge in [0, 0.05) is 24.7 Å². The number of benzene rings is 1. The summed E-state index contributed by atoms with van der Waals surface area (Å²) in [6, 6.07) is 4.57. The van der Waals surface area contributed by atoms with Gasteiger partial charge < -0.3 is 10.7 Å². The molecule has 0 aliphatic rings. The molecule has 1 heterocycles. The quantitative estimate of drug-likeness (QED) is 0.731. The van der Waals surface area contributed by atoms with Gasteiger partial charge in [0.1, 0.15) is 0 Å². The molecule has 0 aliphatic heterocycles. The number of carbonyl (C=O) groups is 1. The minimum Gasteiger partial charge on any atom is -0.348 e. The number of rotatable bonds is 5. The van der Waals surface area contributed by atoms with Crippen LogP contribution >= 0.6 is 72.8 Å². The molecule has 0 radical (unpaired) electrons. The van der Waals surface area contributed by atoms with Crippen LogP contribution in [-0.4, -0.2) is 21.8 Å². The molecule has 1 atom stereocenters. The number of nitrogens with two attached hydrogens (primary N) is 1. The number of nitrogens with zero attached hydrogens (tertiary/aromatic N) is 1. The third-order valence-electron chi connectivity index (χ3n) is 2.77. The van der Waals surface area contributed by atoms with Crippen LogP contribution in [0.2, 0.25) is 10.0 Å². The normalized spacial score (nSPS) is 10.2. The Morgan fingerprint density at radius 2 is 1.83 bits per heavy atom. The van der Waals surface area contributed by atoms with Crippen molar-refractivity contribution < 1.29 is 4.79 Å². The van der Waals surface area contributed by atoms with Crippen molar-refractivity contribution in [3.8, 4) is 0 Å². The zero-order valence-electron chi connectivity index (χ0n) is 11.7. The number of hydrogen-bond acceptors (Lipinski definition) is 3. The third-order valence-corrected chi connectivity index (χ3v) is 3.51. The minimum absolute atomic E-state index is 0. The van der Waals surface area contributed by atoms with Gasteiger partial charge in [-0.15, -0.1) is 49.6 Å². The molecule has 23 heavy (non-hydrogen) atoms. The highest BCUT2D eigenvalue weighted by Gasteiger charge is 2.15. The van der Waals surface area contributed by atoms with Crippen LogP contribution in [0.15, 0.2) is 30.7 Å². The predicted molar refractivity (Wildman–Crippen MR) is 104 cm³/mol. The Bertz CT molecular complexity index is 579. The maximum Gasteiger partial charge on any atom is 0.154 e. The second kappa shape index (κ2) is 13.1. The van der Waals surface area contributed by atoms with E-state index >= 15 is 0 Å². The van der Waals surface area contributed by atoms with Crippen molar-refractivity contribution in [3.05, 3.63) is 52.0 Å². The minimum atomic E-state index is -0.560. The lowest BCUT2D eigenvalue weighted by Crippen LogP contribution is -2.34. The van der Waals surface area contributed by atoms with Crippen LogP contribution in [0, 0.1) is 0 Å². The summed E-state index contributed by atoms with van der Waals surface area (Å²) in [4.78, 5) is 18.8. The molecule has 0 amide bonds. The number of hydrogen-bond donors (Lipinski definition) is 2. The number of ketones is 1. The van der Waals surface area contributed by atoms with E-state index in [1.54, 1.807) is 30.7 Å². The summed E-state index contributed by atoms with van der Waals surface area (Å²) in [6.07, 6.45) is 3.91. The van der Waals surface area contributed by atoms with Gasteiger partial charge in [0.25, 0.3) is 0 Å². The summed E-state index contributed by atoms with van der Waals surface area (Å²) in [6.45, 7) is 0. The third kappa shape index (κ3) is 8.45. The summed E-state index contributed by atoms with van der Waals surface area (Å²) >= 11 is 11.7. The number of aromatic amines is 1. The van der Waals surface area contributed by atoms with E-state index in [1.165, 1.54) is 0 Å². The molecule has 4 nitrogen and oxygen atoms in total. The van der Waals surface area contributed by atoms with Crippen LogP contribution in [0.4, 0.5) is 0 Å². The Labute approximate surface area is 169 Å². The number of aromatic nitrogens is 2. The van der Waals surface area contributed by atoms with Crippen LogP contribution < -0.4 is 5.73 Å². The van der Waals surface area contributed by atoms with Crippen molar-refractivity contribution in [3.63, 3.8) is 0 Å². The van der Waals surface area contributed by atoms with Crippen molar-refractivity contribution in [2.24, 2.45) is 5.73 Å². The van der Waals surface area contributed by atoms with Crippen molar-refractivity contribution in [2.75, 3.05) is 0 Å². The maximum absolute atomic E-state index is 12.0. The summed E-state index contributed by atoms with van der Waals surface area (Å²) in [5.41, 5.74) is 7.52. The first-order chi connectivity index (χ1) is 9.06. The summed E-state index contributed by atoms with van der Waals surface area (Å²) in [7, 11) is 0. The molecular formula is C13H17Cl6N3O. The molecule has 0 bridgehead atoms. The molecule has 0 fully saturated rings. The average Bonchev–Trinajstić information content (AvgIpc) is 2.86. The lowest BCUT2D eigenvalue weighted by Gasteiger charge is -2.09. The van der Waals surface area contributed by atoms with E-state index in [2.05, 4.69) is 9.97 Å². The van der Waals surface area contributed by atoms with Gasteiger partial charge in [-0.05, 0) is 17.7 Å². The summed E-state index contributed by atoms with van der Waals surface area (Å²) < 4.78 is 0. The predicted octanol–water partition coefficient (Wildman–Crippen LogP) is 4.09. The zero-order valence-corrected chi connectivity index (χ0v) is 16.5. The van der Waals surface area contributed by atoms with E-state index in [1.807, 2.05) is 0 Å². The molecule has 0 spiro atoms. The van der Waals surface area contributed by atoms with Crippen molar-refractivity contribution in [2.45, 2.75) is 18.9 Å². The van der Waals surface area contributed by atoms with E-state index in [0.29, 0.717) is 16.5 Å². The smallest absolute Gasteiger partial charge is 0.154 e. The first-order valence-corrected chi connectivity index (χ1v) is 6.51. The van der Waals surface area contributed by atoms with Gasteiger partial charge in [0.05, 0.1) is 22.4 Å². The van der Waals surface area contributed by atoms with E-state index in [4.69, 9.17) is 28.9 Å². The number of halogens is 6. The zero-order chi connectivity index (χ0) is 13.8. The highest BCUT2D eigenvalue weighted by atomic mass is 35.5. The highest BCUT2D eigenvalue weighted by Crippen LogP contribution is 2.23. The van der Waals surface area contributed by atoms with Gasteiger partial charge in [-0.25, -0.2) is 4.98 Å². The van der Waals surface area contributed by atoms with Gasteiger partial charge in [-0.1, -0.05) is 29.3 Å². The van der Waals surface area contributed by atoms with Gasteiger partial charge in [-0.2, -0.15) is 0 Å². The van der Waals surface area contributed by atoms with Crippen LogP contribution in [0.1, 0.15) is 11.3 Å². The second-order valence-electron chi connectivity index (χ2n) is 4.28. The fraction of sp³-hybridized carbons (Fsp3) is 0.231. The molecule has 10 heteroatoms. The van der Waals surface area contributed by atoms with Crippen LogP contribution in [0.3, 0.4) is 0 Å². The largest absolute Gasteiger partial charge is 0.348 e. The summed E-state index contributed by atoms with van der Waals surface area (Å²) in [5, 5.41) is 0.911. The first-order valence-electron chi connectivity index (χ1n) is 5.75. The van der Waals surface area contributed by atoms with E-state index in [9.17, 15) is 4.79 Å². The molecule has 0 saturated carbocycles. The molecule has 1 aromatic carbocycles. The highest BCUT2D eigenvalue weighted by molar-refractivity contribution is 6.42. The topological polar surface area (TPSA) is 71.8 Å². The average molecular weight is 444 g/mol. The lowest BCUT2D eigenvalue weighted by atomic mass is 10.0. The lowest BCUT2D eigenvalue weighted by molar-refractivity contribution is -0.119. The van der Waals surface area contributed by atoms with Crippen molar-refractivity contribution in [1.82, 2.24) is 9.97 Å². The van der Waals surface area contributed by atoms with Gasteiger partial charge in [0.15, 0.2) is 5.78 Å². The Kier molecular flexibility index (Phi) is 15.8. The first kappa shape index (κ1) is 27.6. The molecule has 0 unspecified atom stereocenters. The van der Waals surface area contributed by atoms with E-state index in [-0.39, 0.29) is 61.8 Å². The van der Waals surface area contributed by atoms with Gasteiger partial charge in [-0.3, -0.25) is 4.79 Å². The maximum atomic E-state index is 12.0. The molecule has 3 N–H and O–H groups in total. The Hall–Kier alpha value is -0.200. The SMILES string of the molecule is Cl.Cl.Cl.Cl.N[C@@H](Cc1cnc[nH]1)C(=O)Cc1ccc(Cl)c(Cl)c1. The molecular weight excluding hydrogens is 427 g/mol. The van der Waals surface area contributed by atoms with Crippen LogP contribution in [0.25, 0.3) is 0 Å². The second-order valence-corrected chi connectivity index (χ2v) is 5.09. The van der Waals surface area contributed by atoms with E-state index < -0.39 is 6.04 Å². The van der Waals surface area contributed by atoms with Gasteiger partial charge >= 0.3 is 0 Å². The van der Waals surface area contributed by atoms with Crippen molar-refractivity contribution in [1.29, 1.82) is 0 Å². The molecule has 0 saturated heterocycles. The Morgan fingerprint density at radius 1 is 1.17 bits per heavy atom. The van der Waals surface area contributed by atoms with E-state index in [0.717, 1.165) is 11.3 Å².